The van der Waals surface area contributed by atoms with E-state index in [4.69, 9.17) is 19.7 Å². The molecule has 5 nitrogen and oxygen atoms in total. The fraction of sp³-hybridized carbons (Fsp3) is 0.0192. The Morgan fingerprint density at radius 3 is 1.68 bits per heavy atom. The van der Waals surface area contributed by atoms with Crippen molar-refractivity contribution in [2.24, 2.45) is 0 Å². The molecule has 1 unspecified atom stereocenters. The van der Waals surface area contributed by atoms with Gasteiger partial charge in [0, 0.05) is 33.0 Å². The van der Waals surface area contributed by atoms with E-state index < -0.39 is 0 Å². The Labute approximate surface area is 330 Å². The van der Waals surface area contributed by atoms with Gasteiger partial charge in [0.15, 0.2) is 29.5 Å². The van der Waals surface area contributed by atoms with Gasteiger partial charge in [0.25, 0.3) is 0 Å². The van der Waals surface area contributed by atoms with Crippen LogP contribution in [-0.4, -0.2) is 15.0 Å². The minimum Gasteiger partial charge on any atom is -0.464 e. The maximum atomic E-state index is 6.64. The largest absolute Gasteiger partial charge is 0.464 e. The summed E-state index contributed by atoms with van der Waals surface area (Å²) in [4.78, 5) is 15.2. The van der Waals surface area contributed by atoms with Crippen molar-refractivity contribution in [2.45, 2.75) is 6.23 Å². The molecule has 0 amide bonds. The Kier molecular flexibility index (Phi) is 7.81. The highest BCUT2D eigenvalue weighted by molar-refractivity contribution is 6.18. The number of nitrogens with zero attached hydrogens (tertiary/aromatic N) is 3. The van der Waals surface area contributed by atoms with Crippen LogP contribution in [0.4, 0.5) is 5.69 Å². The Balaban J connectivity index is 0.999. The SMILES string of the molecule is c1ccc(-c2nc(-c3ccc(-c4cccc5ccccc45)cc3)nc(-c3cccc(-c4ccc5c(c4)c4c(c6ccccc65)OC(c5ccccc5)N4)c3)n2)cc1. The highest BCUT2D eigenvalue weighted by Gasteiger charge is 2.28. The predicted molar refractivity (Wildman–Crippen MR) is 233 cm³/mol. The van der Waals surface area contributed by atoms with Gasteiger partial charge in [-0.15, -0.1) is 0 Å². The molecule has 11 rings (SSSR count). The summed E-state index contributed by atoms with van der Waals surface area (Å²) in [5.74, 6) is 2.76. The van der Waals surface area contributed by atoms with Crippen LogP contribution in [-0.2, 0) is 0 Å². The van der Waals surface area contributed by atoms with Gasteiger partial charge in [0.2, 0.25) is 0 Å². The van der Waals surface area contributed by atoms with Crippen LogP contribution in [0, 0.1) is 0 Å². The average Bonchev–Trinajstić information content (AvgIpc) is 3.76. The highest BCUT2D eigenvalue weighted by Crippen LogP contribution is 2.49. The van der Waals surface area contributed by atoms with Crippen LogP contribution >= 0.6 is 0 Å². The van der Waals surface area contributed by atoms with Gasteiger partial charge in [-0.3, -0.25) is 0 Å². The van der Waals surface area contributed by atoms with E-state index >= 15 is 0 Å². The fourth-order valence-electron chi connectivity index (χ4n) is 8.13. The molecule has 9 aromatic carbocycles. The molecule has 0 saturated heterocycles. The van der Waals surface area contributed by atoms with Gasteiger partial charge in [-0.2, -0.15) is 0 Å². The van der Waals surface area contributed by atoms with Crippen molar-refractivity contribution in [3.05, 3.63) is 200 Å². The lowest BCUT2D eigenvalue weighted by Crippen LogP contribution is -2.09. The van der Waals surface area contributed by atoms with E-state index in [9.17, 15) is 0 Å². The quantitative estimate of drug-likeness (QED) is 0.173. The first kappa shape index (κ1) is 32.8. The number of benzene rings is 9. The molecule has 1 aliphatic heterocycles. The van der Waals surface area contributed by atoms with Gasteiger partial charge in [-0.05, 0) is 55.9 Å². The first-order chi connectivity index (χ1) is 28.2. The van der Waals surface area contributed by atoms with Gasteiger partial charge in [0.1, 0.15) is 0 Å². The van der Waals surface area contributed by atoms with Crippen LogP contribution < -0.4 is 10.1 Å². The normalized spacial score (nSPS) is 13.4. The molecule has 2 heterocycles. The van der Waals surface area contributed by atoms with Crippen LogP contribution in [0.15, 0.2) is 194 Å². The molecule has 0 saturated carbocycles. The van der Waals surface area contributed by atoms with E-state index in [2.05, 4.69) is 151 Å². The number of hydrogen-bond acceptors (Lipinski definition) is 5. The van der Waals surface area contributed by atoms with Crippen molar-refractivity contribution >= 4 is 38.0 Å². The minimum atomic E-state index is -0.270. The number of rotatable bonds is 6. The number of nitrogens with one attached hydrogen (secondary N) is 1. The number of hydrogen-bond donors (Lipinski definition) is 1. The smallest absolute Gasteiger partial charge is 0.196 e. The number of fused-ring (bicyclic) bond motifs is 7. The highest BCUT2D eigenvalue weighted by atomic mass is 16.5. The van der Waals surface area contributed by atoms with Crippen LogP contribution in [0.5, 0.6) is 5.75 Å². The van der Waals surface area contributed by atoms with E-state index in [1.54, 1.807) is 0 Å². The van der Waals surface area contributed by atoms with Gasteiger partial charge in [-0.1, -0.05) is 182 Å². The standard InChI is InChI=1S/C52H34N4O/c1-3-14-35(15-4-1)49-54-50(36-27-25-34(26-28-36)42-24-12-18-33-13-7-8-21-41(33)42)56-51(55-49)40-20-11-19-38(31-40)39-29-30-44-43-22-9-10-23-45(43)48-47(46(44)32-39)53-52(57-48)37-16-5-2-6-17-37/h1-32,52-53H. The van der Waals surface area contributed by atoms with E-state index in [0.717, 1.165) is 61.2 Å². The molecular formula is C52H34N4O. The fourth-order valence-corrected chi connectivity index (χ4v) is 8.13. The molecule has 0 radical (unpaired) electrons. The number of aromatic nitrogens is 3. The molecule has 0 bridgehead atoms. The lowest BCUT2D eigenvalue weighted by atomic mass is 9.95. The zero-order valence-corrected chi connectivity index (χ0v) is 30.8. The summed E-state index contributed by atoms with van der Waals surface area (Å²) in [6, 6.07) is 67.6. The van der Waals surface area contributed by atoms with E-state index in [0.29, 0.717) is 17.5 Å². The zero-order valence-electron chi connectivity index (χ0n) is 30.8. The maximum absolute atomic E-state index is 6.64. The van der Waals surface area contributed by atoms with Gasteiger partial charge in [0.05, 0.1) is 5.69 Å². The summed E-state index contributed by atoms with van der Waals surface area (Å²) in [5.41, 5.74) is 9.37. The first-order valence-electron chi connectivity index (χ1n) is 19.2. The third-order valence-corrected chi connectivity index (χ3v) is 11.0. The van der Waals surface area contributed by atoms with E-state index in [-0.39, 0.29) is 6.23 Å². The molecular weight excluding hydrogens is 697 g/mol. The van der Waals surface area contributed by atoms with E-state index in [1.807, 2.05) is 48.5 Å². The molecule has 5 heteroatoms. The van der Waals surface area contributed by atoms with Gasteiger partial charge < -0.3 is 10.1 Å². The molecule has 0 aliphatic carbocycles. The summed E-state index contributed by atoms with van der Waals surface area (Å²) < 4.78 is 6.64. The third-order valence-electron chi connectivity index (χ3n) is 11.0. The topological polar surface area (TPSA) is 59.9 Å². The van der Waals surface area contributed by atoms with Crippen LogP contribution in [0.2, 0.25) is 0 Å². The number of anilines is 1. The third kappa shape index (κ3) is 5.85. The summed E-state index contributed by atoms with van der Waals surface area (Å²) in [6.45, 7) is 0. The minimum absolute atomic E-state index is 0.270. The zero-order chi connectivity index (χ0) is 37.7. The van der Waals surface area contributed by atoms with Crippen molar-refractivity contribution in [3.63, 3.8) is 0 Å². The van der Waals surface area contributed by atoms with Crippen LogP contribution in [0.25, 0.3) is 88.7 Å². The van der Waals surface area contributed by atoms with Crippen LogP contribution in [0.1, 0.15) is 11.8 Å². The first-order valence-corrected chi connectivity index (χ1v) is 19.2. The van der Waals surface area contributed by atoms with Gasteiger partial charge in [-0.25, -0.2) is 15.0 Å². The van der Waals surface area contributed by atoms with Crippen LogP contribution in [0.3, 0.4) is 0 Å². The van der Waals surface area contributed by atoms with Gasteiger partial charge >= 0.3 is 0 Å². The summed E-state index contributed by atoms with van der Waals surface area (Å²) in [5, 5.41) is 10.7. The summed E-state index contributed by atoms with van der Waals surface area (Å²) in [6.07, 6.45) is -0.270. The van der Waals surface area contributed by atoms with Crippen molar-refractivity contribution < 1.29 is 4.74 Å². The maximum Gasteiger partial charge on any atom is 0.196 e. The summed E-state index contributed by atoms with van der Waals surface area (Å²) in [7, 11) is 0. The molecule has 1 N–H and O–H groups in total. The Morgan fingerprint density at radius 2 is 0.895 bits per heavy atom. The molecule has 1 atom stereocenters. The van der Waals surface area contributed by atoms with Crippen molar-refractivity contribution in [1.82, 2.24) is 15.0 Å². The van der Waals surface area contributed by atoms with Crippen molar-refractivity contribution in [2.75, 3.05) is 5.32 Å². The molecule has 1 aromatic heterocycles. The molecule has 0 fully saturated rings. The Bertz CT molecular complexity index is 3120. The lowest BCUT2D eigenvalue weighted by molar-refractivity contribution is 0.262. The van der Waals surface area contributed by atoms with Crippen molar-refractivity contribution in [3.8, 4) is 62.2 Å². The molecule has 57 heavy (non-hydrogen) atoms. The predicted octanol–water partition coefficient (Wildman–Crippen LogP) is 13.2. The second-order valence-electron chi connectivity index (χ2n) is 14.4. The number of ether oxygens (including phenoxy) is 1. The Morgan fingerprint density at radius 1 is 0.368 bits per heavy atom. The second kappa shape index (κ2) is 13.6. The van der Waals surface area contributed by atoms with E-state index in [1.165, 1.54) is 27.1 Å². The molecule has 268 valence electrons. The average molecular weight is 731 g/mol. The second-order valence-corrected chi connectivity index (χ2v) is 14.4. The molecule has 1 aliphatic rings. The lowest BCUT2D eigenvalue weighted by Gasteiger charge is -2.13. The monoisotopic (exact) mass is 730 g/mol. The summed E-state index contributed by atoms with van der Waals surface area (Å²) >= 11 is 0. The molecule has 10 aromatic rings. The van der Waals surface area contributed by atoms with Crippen molar-refractivity contribution in [1.29, 1.82) is 0 Å². The Hall–Kier alpha value is -7.63. The molecule has 0 spiro atoms.